The molecule has 3 heterocycles. The number of rotatable bonds is 8. The molecule has 0 radical (unpaired) electrons. The van der Waals surface area contributed by atoms with Crippen LogP contribution in [0.1, 0.15) is 19.0 Å². The Morgan fingerprint density at radius 1 is 1.24 bits per heavy atom. The average Bonchev–Trinajstić information content (AvgIpc) is 3.40. The number of hydrogen-bond acceptors (Lipinski definition) is 9. The lowest BCUT2D eigenvalue weighted by atomic mass is 10.2. The Bertz CT molecular complexity index is 1320. The van der Waals surface area contributed by atoms with Gasteiger partial charge in [0.15, 0.2) is 14.9 Å². The topological polar surface area (TPSA) is 120 Å². The van der Waals surface area contributed by atoms with Gasteiger partial charge in [-0.05, 0) is 31.2 Å². The molecule has 1 aliphatic heterocycles. The highest BCUT2D eigenvalue weighted by Crippen LogP contribution is 2.36. The molecular formula is C22H23N3O6S2. The predicted molar refractivity (Wildman–Crippen MR) is 126 cm³/mol. The smallest absolute Gasteiger partial charge is 0.306 e. The van der Waals surface area contributed by atoms with Gasteiger partial charge >= 0.3 is 5.97 Å². The fourth-order valence-electron chi connectivity index (χ4n) is 3.38. The molecule has 1 N–H and O–H groups in total. The maximum Gasteiger partial charge on any atom is 0.306 e. The number of pyridine rings is 1. The second-order valence-corrected chi connectivity index (χ2v) is 10.6. The molecule has 1 aromatic carbocycles. The van der Waals surface area contributed by atoms with Crippen LogP contribution < -0.4 is 9.47 Å². The molecule has 3 aromatic rings. The number of methoxy groups -OCH3 is 1. The average molecular weight is 490 g/mol. The second kappa shape index (κ2) is 9.44. The van der Waals surface area contributed by atoms with Crippen LogP contribution >= 0.6 is 11.8 Å². The summed E-state index contributed by atoms with van der Waals surface area (Å²) in [6.45, 7) is 2.71. The fraction of sp³-hybridized carbons (Fsp3) is 0.318. The van der Waals surface area contributed by atoms with E-state index in [1.807, 2.05) is 12.1 Å². The third-order valence-electron chi connectivity index (χ3n) is 4.86. The van der Waals surface area contributed by atoms with E-state index in [0.29, 0.717) is 36.8 Å². The van der Waals surface area contributed by atoms with Crippen LogP contribution in [-0.2, 0) is 19.4 Å². The summed E-state index contributed by atoms with van der Waals surface area (Å²) in [6.07, 6.45) is 2.78. The quantitative estimate of drug-likeness (QED) is 0.477. The summed E-state index contributed by atoms with van der Waals surface area (Å²) in [5.41, 5.74) is 1.62. The number of hydrogen-bond donors (Lipinski definition) is 1. The van der Waals surface area contributed by atoms with Gasteiger partial charge in [0.1, 0.15) is 22.3 Å². The normalized spacial score (nSPS) is 16.0. The van der Waals surface area contributed by atoms with Crippen LogP contribution in [0, 0.1) is 0 Å². The molecule has 4 rings (SSSR count). The zero-order valence-corrected chi connectivity index (χ0v) is 20.0. The van der Waals surface area contributed by atoms with E-state index in [9.17, 15) is 13.2 Å². The standard InChI is InChI=1S/C22H23N3O6S2/c1-4-30-20(26)10-16-12-24-22(32-16)17-8-13-7-15(9-18(29-2)21(13)25-17)31-14-5-6-19(23-11-14)33(3,27)28/h5-9,11,16,25H,4,10,12H2,1-3H3. The van der Waals surface area contributed by atoms with Gasteiger partial charge in [0.05, 0.1) is 44.1 Å². The minimum absolute atomic E-state index is 0.0192. The first-order chi connectivity index (χ1) is 15.8. The maximum atomic E-state index is 11.8. The van der Waals surface area contributed by atoms with Crippen molar-refractivity contribution in [3.63, 3.8) is 0 Å². The molecule has 0 saturated carbocycles. The number of benzene rings is 1. The van der Waals surface area contributed by atoms with Gasteiger partial charge in [-0.15, -0.1) is 0 Å². The number of fused-ring (bicyclic) bond motifs is 1. The summed E-state index contributed by atoms with van der Waals surface area (Å²) in [5.74, 6) is 1.28. The predicted octanol–water partition coefficient (Wildman–Crippen LogP) is 3.58. The Labute approximate surface area is 195 Å². The number of aromatic nitrogens is 2. The Morgan fingerprint density at radius 2 is 2.06 bits per heavy atom. The van der Waals surface area contributed by atoms with E-state index in [2.05, 4.69) is 15.0 Å². The first-order valence-corrected chi connectivity index (χ1v) is 13.0. The van der Waals surface area contributed by atoms with E-state index in [-0.39, 0.29) is 16.2 Å². The number of carbonyl (C=O) groups excluding carboxylic acids is 1. The van der Waals surface area contributed by atoms with Gasteiger partial charge in [0, 0.05) is 23.0 Å². The van der Waals surface area contributed by atoms with Crippen molar-refractivity contribution < 1.29 is 27.4 Å². The third kappa shape index (κ3) is 5.31. The third-order valence-corrected chi connectivity index (χ3v) is 7.08. The highest BCUT2D eigenvalue weighted by Gasteiger charge is 2.25. The van der Waals surface area contributed by atoms with Crippen molar-refractivity contribution in [3.05, 3.63) is 42.2 Å². The summed E-state index contributed by atoms with van der Waals surface area (Å²) >= 11 is 1.55. The SMILES string of the molecule is CCOC(=O)CC1CN=C(c2cc3cc(Oc4ccc(S(C)(=O)=O)nc4)cc(OC)c3[nH]2)S1. The van der Waals surface area contributed by atoms with Crippen LogP contribution in [0.2, 0.25) is 0 Å². The summed E-state index contributed by atoms with van der Waals surface area (Å²) in [5, 5.41) is 1.71. The molecule has 174 valence electrons. The van der Waals surface area contributed by atoms with E-state index in [0.717, 1.165) is 27.9 Å². The molecular weight excluding hydrogens is 466 g/mol. The largest absolute Gasteiger partial charge is 0.494 e. The van der Waals surface area contributed by atoms with Gasteiger partial charge in [-0.1, -0.05) is 11.8 Å². The summed E-state index contributed by atoms with van der Waals surface area (Å²) in [6, 6.07) is 8.49. The van der Waals surface area contributed by atoms with Gasteiger partial charge in [-0.2, -0.15) is 0 Å². The zero-order chi connectivity index (χ0) is 23.6. The Balaban J connectivity index is 1.54. The Morgan fingerprint density at radius 3 is 2.73 bits per heavy atom. The van der Waals surface area contributed by atoms with Gasteiger partial charge in [0.25, 0.3) is 0 Å². The number of aliphatic imine (C=N–C) groups is 1. The number of nitrogens with one attached hydrogen (secondary N) is 1. The molecule has 1 atom stereocenters. The molecule has 2 aromatic heterocycles. The van der Waals surface area contributed by atoms with Crippen molar-refractivity contribution in [1.29, 1.82) is 0 Å². The number of sulfone groups is 1. The van der Waals surface area contributed by atoms with Crippen molar-refractivity contribution in [2.45, 2.75) is 23.6 Å². The lowest BCUT2D eigenvalue weighted by Crippen LogP contribution is -2.14. The molecule has 1 aliphatic rings. The number of nitrogens with zero attached hydrogens (tertiary/aromatic N) is 2. The van der Waals surface area contributed by atoms with Crippen molar-refractivity contribution in [3.8, 4) is 17.2 Å². The number of ether oxygens (including phenoxy) is 3. The molecule has 0 saturated heterocycles. The number of aromatic amines is 1. The van der Waals surface area contributed by atoms with Crippen LogP contribution in [0.3, 0.4) is 0 Å². The first kappa shape index (κ1) is 23.1. The van der Waals surface area contributed by atoms with E-state index in [1.54, 1.807) is 37.9 Å². The summed E-state index contributed by atoms with van der Waals surface area (Å²) < 4.78 is 39.6. The fourth-order valence-corrected chi connectivity index (χ4v) is 5.01. The van der Waals surface area contributed by atoms with Gasteiger partial charge in [0.2, 0.25) is 0 Å². The minimum Gasteiger partial charge on any atom is -0.494 e. The van der Waals surface area contributed by atoms with E-state index in [4.69, 9.17) is 14.2 Å². The lowest BCUT2D eigenvalue weighted by molar-refractivity contribution is -0.143. The summed E-state index contributed by atoms with van der Waals surface area (Å²) in [4.78, 5) is 23.6. The molecule has 0 spiro atoms. The van der Waals surface area contributed by atoms with Gasteiger partial charge in [-0.3, -0.25) is 9.79 Å². The molecule has 0 fully saturated rings. The molecule has 33 heavy (non-hydrogen) atoms. The van der Waals surface area contributed by atoms with Crippen LogP contribution in [-0.4, -0.2) is 61.2 Å². The van der Waals surface area contributed by atoms with Gasteiger partial charge in [-0.25, -0.2) is 13.4 Å². The number of carbonyl (C=O) groups is 1. The van der Waals surface area contributed by atoms with Crippen molar-refractivity contribution in [2.24, 2.45) is 4.99 Å². The van der Waals surface area contributed by atoms with Crippen LogP contribution in [0.4, 0.5) is 0 Å². The first-order valence-electron chi connectivity index (χ1n) is 10.2. The minimum atomic E-state index is -3.38. The van der Waals surface area contributed by atoms with Crippen LogP contribution in [0.15, 0.2) is 46.5 Å². The van der Waals surface area contributed by atoms with Crippen molar-refractivity contribution in [2.75, 3.05) is 26.5 Å². The van der Waals surface area contributed by atoms with Gasteiger partial charge < -0.3 is 19.2 Å². The maximum absolute atomic E-state index is 11.8. The molecule has 11 heteroatoms. The number of esters is 1. The highest BCUT2D eigenvalue weighted by atomic mass is 32.2. The van der Waals surface area contributed by atoms with Crippen LogP contribution in [0.5, 0.6) is 17.2 Å². The van der Waals surface area contributed by atoms with Crippen molar-refractivity contribution in [1.82, 2.24) is 9.97 Å². The van der Waals surface area contributed by atoms with Crippen molar-refractivity contribution >= 4 is 43.5 Å². The Hall–Kier alpha value is -3.05. The van der Waals surface area contributed by atoms with E-state index < -0.39 is 9.84 Å². The number of H-pyrrole nitrogens is 1. The molecule has 0 aliphatic carbocycles. The molecule has 0 amide bonds. The Kier molecular flexibility index (Phi) is 6.61. The lowest BCUT2D eigenvalue weighted by Gasteiger charge is -2.09. The summed E-state index contributed by atoms with van der Waals surface area (Å²) in [7, 11) is -1.81. The molecule has 0 bridgehead atoms. The molecule has 9 nitrogen and oxygen atoms in total. The van der Waals surface area contributed by atoms with E-state index in [1.165, 1.54) is 12.3 Å². The number of thioether (sulfide) groups is 1. The highest BCUT2D eigenvalue weighted by molar-refractivity contribution is 8.15. The van der Waals surface area contributed by atoms with Crippen LogP contribution in [0.25, 0.3) is 10.9 Å². The molecule has 1 unspecified atom stereocenters. The zero-order valence-electron chi connectivity index (χ0n) is 18.3. The monoisotopic (exact) mass is 489 g/mol. The van der Waals surface area contributed by atoms with E-state index >= 15 is 0 Å². The second-order valence-electron chi connectivity index (χ2n) is 7.37.